The fourth-order valence-corrected chi connectivity index (χ4v) is 4.66. The molecule has 8 nitrogen and oxygen atoms in total. The summed E-state index contributed by atoms with van der Waals surface area (Å²) in [6, 6.07) is 0. The maximum Gasteiger partial charge on any atom is 0.0558 e. The zero-order valence-corrected chi connectivity index (χ0v) is 17.7. The van der Waals surface area contributed by atoms with E-state index in [1.54, 1.807) is 0 Å². The molecule has 8 heteroatoms. The fourth-order valence-electron chi connectivity index (χ4n) is 4.66. The summed E-state index contributed by atoms with van der Waals surface area (Å²) < 4.78 is 0. The van der Waals surface area contributed by atoms with Crippen LogP contribution in [0.2, 0.25) is 0 Å². The number of nitrogens with two attached hydrogens (primary N) is 1. The second kappa shape index (κ2) is 11.8. The Kier molecular flexibility index (Phi) is 9.39. The minimum atomic E-state index is -0.263. The van der Waals surface area contributed by atoms with Crippen LogP contribution in [0.3, 0.4) is 0 Å². The molecule has 3 aliphatic heterocycles. The van der Waals surface area contributed by atoms with Crippen molar-refractivity contribution in [2.45, 2.75) is 36.8 Å². The van der Waals surface area contributed by atoms with Crippen LogP contribution in [-0.2, 0) is 0 Å². The minimum absolute atomic E-state index is 0.0362. The lowest BCUT2D eigenvalue weighted by Gasteiger charge is -2.38. The van der Waals surface area contributed by atoms with Crippen molar-refractivity contribution in [1.29, 1.82) is 0 Å². The van der Waals surface area contributed by atoms with E-state index in [-0.39, 0.29) is 11.1 Å². The molecule has 3 saturated heterocycles. The Morgan fingerprint density at radius 3 is 1.46 bits per heavy atom. The summed E-state index contributed by atoms with van der Waals surface area (Å²) in [5.74, 6) is 0.846. The van der Waals surface area contributed by atoms with Gasteiger partial charge in [0.2, 0.25) is 0 Å². The van der Waals surface area contributed by atoms with E-state index in [4.69, 9.17) is 5.73 Å². The molecule has 0 aromatic carbocycles. The fraction of sp³-hybridized carbons (Fsp3) is 1.00. The molecule has 1 aliphatic carbocycles. The van der Waals surface area contributed by atoms with Gasteiger partial charge in [-0.1, -0.05) is 12.8 Å². The summed E-state index contributed by atoms with van der Waals surface area (Å²) >= 11 is 0. The van der Waals surface area contributed by atoms with Crippen LogP contribution < -0.4 is 43.0 Å². The Morgan fingerprint density at radius 2 is 1.04 bits per heavy atom. The zero-order valence-electron chi connectivity index (χ0n) is 17.7. The molecule has 0 atom stereocenters. The lowest BCUT2D eigenvalue weighted by atomic mass is 9.96. The van der Waals surface area contributed by atoms with E-state index in [1.165, 1.54) is 25.7 Å². The van der Waals surface area contributed by atoms with E-state index in [0.29, 0.717) is 0 Å². The third-order valence-electron chi connectivity index (χ3n) is 6.50. The number of hydrogen-bond acceptors (Lipinski definition) is 8. The maximum atomic E-state index is 6.66. The molecule has 0 aromatic heterocycles. The van der Waals surface area contributed by atoms with Gasteiger partial charge >= 0.3 is 0 Å². The Hall–Kier alpha value is -0.320. The third kappa shape index (κ3) is 7.50. The van der Waals surface area contributed by atoms with E-state index in [1.807, 2.05) is 0 Å². The summed E-state index contributed by atoms with van der Waals surface area (Å²) in [5, 5.41) is 25.8. The van der Waals surface area contributed by atoms with Crippen LogP contribution in [0.5, 0.6) is 0 Å². The second-order valence-corrected chi connectivity index (χ2v) is 9.23. The minimum Gasteiger partial charge on any atom is -0.322 e. The zero-order chi connectivity index (χ0) is 19.5. The van der Waals surface area contributed by atoms with E-state index < -0.39 is 0 Å². The van der Waals surface area contributed by atoms with Crippen molar-refractivity contribution in [1.82, 2.24) is 37.2 Å². The molecule has 4 fully saturated rings. The highest BCUT2D eigenvalue weighted by Gasteiger charge is 2.31. The summed E-state index contributed by atoms with van der Waals surface area (Å²) in [5.41, 5.74) is 6.44. The van der Waals surface area contributed by atoms with Crippen molar-refractivity contribution in [3.8, 4) is 0 Å². The van der Waals surface area contributed by atoms with Gasteiger partial charge in [0, 0.05) is 78.5 Å². The van der Waals surface area contributed by atoms with Gasteiger partial charge in [0.25, 0.3) is 0 Å². The van der Waals surface area contributed by atoms with Crippen LogP contribution >= 0.6 is 0 Å². The Morgan fingerprint density at radius 1 is 0.643 bits per heavy atom. The van der Waals surface area contributed by atoms with Gasteiger partial charge in [0.1, 0.15) is 0 Å². The van der Waals surface area contributed by atoms with Gasteiger partial charge in [0.15, 0.2) is 0 Å². The predicted molar refractivity (Wildman–Crippen MR) is 117 cm³/mol. The molecule has 0 aromatic rings. The van der Waals surface area contributed by atoms with Crippen molar-refractivity contribution in [3.05, 3.63) is 0 Å². The number of hydrogen-bond donors (Lipinski definition) is 8. The molecule has 3 heterocycles. The van der Waals surface area contributed by atoms with Crippen LogP contribution in [0.25, 0.3) is 0 Å². The highest BCUT2D eigenvalue weighted by Crippen LogP contribution is 2.24. The topological polar surface area (TPSA) is 110 Å². The standard InChI is InChI=1S/C20H44N8/c21-19-12-22-5-8-25-15-20(16-26-9-6-23-13-19,17-27-10-7-24-14-19)28-11-18-3-1-2-4-18/h18,22-28H,1-17,21H2. The summed E-state index contributed by atoms with van der Waals surface area (Å²) in [6.07, 6.45) is 5.57. The van der Waals surface area contributed by atoms with Crippen LogP contribution in [-0.4, -0.2) is 96.2 Å². The average molecular weight is 397 g/mol. The van der Waals surface area contributed by atoms with Crippen molar-refractivity contribution in [2.75, 3.05) is 85.1 Å². The van der Waals surface area contributed by atoms with Gasteiger partial charge in [-0.15, -0.1) is 0 Å². The molecule has 0 unspecified atom stereocenters. The van der Waals surface area contributed by atoms with Crippen LogP contribution in [0.4, 0.5) is 0 Å². The van der Waals surface area contributed by atoms with Gasteiger partial charge in [-0.05, 0) is 25.3 Å². The molecule has 4 rings (SSSR count). The van der Waals surface area contributed by atoms with Crippen molar-refractivity contribution < 1.29 is 0 Å². The van der Waals surface area contributed by atoms with Crippen LogP contribution in [0.15, 0.2) is 0 Å². The van der Waals surface area contributed by atoms with Crippen molar-refractivity contribution >= 4 is 0 Å². The van der Waals surface area contributed by atoms with E-state index in [9.17, 15) is 0 Å². The van der Waals surface area contributed by atoms with Gasteiger partial charge < -0.3 is 43.0 Å². The highest BCUT2D eigenvalue weighted by molar-refractivity contribution is 4.97. The van der Waals surface area contributed by atoms with Gasteiger partial charge in [-0.25, -0.2) is 0 Å². The molecule has 164 valence electrons. The summed E-state index contributed by atoms with van der Waals surface area (Å²) in [7, 11) is 0. The summed E-state index contributed by atoms with van der Waals surface area (Å²) in [6.45, 7) is 12.2. The van der Waals surface area contributed by atoms with Gasteiger partial charge in [0.05, 0.1) is 11.1 Å². The molecular weight excluding hydrogens is 352 g/mol. The van der Waals surface area contributed by atoms with Gasteiger partial charge in [-0.2, -0.15) is 0 Å². The molecule has 4 aliphatic rings. The first-order chi connectivity index (χ1) is 13.7. The highest BCUT2D eigenvalue weighted by atomic mass is 15.1. The van der Waals surface area contributed by atoms with Crippen LogP contribution in [0.1, 0.15) is 25.7 Å². The van der Waals surface area contributed by atoms with Crippen molar-refractivity contribution in [2.24, 2.45) is 11.7 Å². The lowest BCUT2D eigenvalue weighted by molar-refractivity contribution is 0.257. The number of rotatable bonds is 3. The number of nitrogens with one attached hydrogen (secondary N) is 7. The van der Waals surface area contributed by atoms with E-state index in [0.717, 1.165) is 91.0 Å². The smallest absolute Gasteiger partial charge is 0.0558 e. The predicted octanol–water partition coefficient (Wildman–Crippen LogP) is -2.23. The monoisotopic (exact) mass is 396 g/mol. The van der Waals surface area contributed by atoms with Gasteiger partial charge in [-0.3, -0.25) is 0 Å². The summed E-state index contributed by atoms with van der Waals surface area (Å²) in [4.78, 5) is 0. The molecule has 0 radical (unpaired) electrons. The molecule has 1 saturated carbocycles. The third-order valence-corrected chi connectivity index (χ3v) is 6.50. The van der Waals surface area contributed by atoms with E-state index in [2.05, 4.69) is 37.2 Å². The van der Waals surface area contributed by atoms with Crippen molar-refractivity contribution in [3.63, 3.8) is 0 Å². The molecule has 0 amide bonds. The molecule has 28 heavy (non-hydrogen) atoms. The van der Waals surface area contributed by atoms with E-state index >= 15 is 0 Å². The second-order valence-electron chi connectivity index (χ2n) is 9.23. The average Bonchev–Trinajstić information content (AvgIpc) is 3.21. The SMILES string of the molecule is NC12CNCCNCC(NCC3CCCC3)(CNCCNC1)CNCCNC2. The molecule has 9 N–H and O–H groups in total. The molecule has 0 spiro atoms. The quantitative estimate of drug-likeness (QED) is 0.271. The number of fused-ring (bicyclic) bond motifs is 15. The Balaban J connectivity index is 1.66. The molecular formula is C20H44N8. The Labute approximate surface area is 171 Å². The van der Waals surface area contributed by atoms with Crippen LogP contribution in [0, 0.1) is 5.92 Å². The normalized spacial score (nSPS) is 35.5. The first kappa shape index (κ1) is 22.4. The largest absolute Gasteiger partial charge is 0.322 e. The lowest BCUT2D eigenvalue weighted by Crippen LogP contribution is -2.66. The molecule has 2 bridgehead atoms. The first-order valence-corrected chi connectivity index (χ1v) is 11.5. The Bertz CT molecular complexity index is 383. The first-order valence-electron chi connectivity index (χ1n) is 11.5. The maximum absolute atomic E-state index is 6.66.